The van der Waals surface area contributed by atoms with Crippen LogP contribution >= 0.6 is 0 Å². The Labute approximate surface area is 82.5 Å². The van der Waals surface area contributed by atoms with Crippen LogP contribution in [0.15, 0.2) is 0 Å². The van der Waals surface area contributed by atoms with Crippen LogP contribution in [0.2, 0.25) is 0 Å². The summed E-state index contributed by atoms with van der Waals surface area (Å²) in [5.74, 6) is 0. The first-order valence-corrected chi connectivity index (χ1v) is 5.54. The molecule has 0 bridgehead atoms. The summed E-state index contributed by atoms with van der Waals surface area (Å²) in [5.41, 5.74) is 6.39. The zero-order valence-corrected chi connectivity index (χ0v) is 9.34. The minimum atomic E-state index is 0.311. The molecule has 78 valence electrons. The molecule has 0 saturated carbocycles. The van der Waals surface area contributed by atoms with Gasteiger partial charge in [0.05, 0.1) is 0 Å². The average molecular weight is 184 g/mol. The van der Waals surface area contributed by atoms with Gasteiger partial charge in [0.15, 0.2) is 0 Å². The molecule has 0 aromatic carbocycles. The van der Waals surface area contributed by atoms with Gasteiger partial charge in [0.2, 0.25) is 0 Å². The predicted octanol–water partition coefficient (Wildman–Crippen LogP) is 1.85. The largest absolute Gasteiger partial charge is 0.327 e. The van der Waals surface area contributed by atoms with Gasteiger partial charge in [0.25, 0.3) is 0 Å². The van der Waals surface area contributed by atoms with Crippen molar-refractivity contribution in [2.75, 3.05) is 19.6 Å². The fourth-order valence-electron chi connectivity index (χ4n) is 2.06. The third-order valence-corrected chi connectivity index (χ3v) is 3.22. The quantitative estimate of drug-likeness (QED) is 0.725. The fourth-order valence-corrected chi connectivity index (χ4v) is 2.06. The van der Waals surface area contributed by atoms with Crippen LogP contribution in [0.5, 0.6) is 0 Å². The third-order valence-electron chi connectivity index (χ3n) is 3.22. The Hall–Kier alpha value is -0.0800. The van der Waals surface area contributed by atoms with Crippen molar-refractivity contribution < 1.29 is 0 Å². The summed E-state index contributed by atoms with van der Waals surface area (Å²) in [4.78, 5) is 2.56. The zero-order valence-electron chi connectivity index (χ0n) is 9.34. The van der Waals surface area contributed by atoms with Crippen LogP contribution in [-0.2, 0) is 0 Å². The van der Waals surface area contributed by atoms with Crippen molar-refractivity contribution in [3.05, 3.63) is 0 Å². The molecule has 1 unspecified atom stereocenters. The Morgan fingerprint density at radius 2 is 2.15 bits per heavy atom. The van der Waals surface area contributed by atoms with Crippen LogP contribution in [0, 0.1) is 5.41 Å². The molecule has 1 fully saturated rings. The van der Waals surface area contributed by atoms with Crippen molar-refractivity contribution >= 4 is 0 Å². The van der Waals surface area contributed by atoms with Crippen LogP contribution in [0.1, 0.15) is 40.0 Å². The van der Waals surface area contributed by atoms with Crippen molar-refractivity contribution in [1.82, 2.24) is 4.90 Å². The Kier molecular flexibility index (Phi) is 3.74. The molecule has 0 aliphatic carbocycles. The first-order chi connectivity index (χ1) is 6.06. The standard InChI is InChI=1S/C11H24N2/c1-4-5-7-13-8-6-10(12)11(2,3)9-13/h10H,4-9,12H2,1-3H3. The average Bonchev–Trinajstić information content (AvgIpc) is 2.07. The van der Waals surface area contributed by atoms with Gasteiger partial charge in [0.1, 0.15) is 0 Å². The SMILES string of the molecule is CCCCN1CCC(N)C(C)(C)C1. The lowest BCUT2D eigenvalue weighted by Crippen LogP contribution is -2.52. The second-order valence-electron chi connectivity index (χ2n) is 5.01. The van der Waals surface area contributed by atoms with Gasteiger partial charge in [-0.2, -0.15) is 0 Å². The van der Waals surface area contributed by atoms with E-state index in [1.165, 1.54) is 32.5 Å². The Morgan fingerprint density at radius 1 is 1.46 bits per heavy atom. The number of rotatable bonds is 3. The molecule has 0 amide bonds. The van der Waals surface area contributed by atoms with Crippen LogP contribution in [0.25, 0.3) is 0 Å². The van der Waals surface area contributed by atoms with E-state index in [1.54, 1.807) is 0 Å². The van der Waals surface area contributed by atoms with Gasteiger partial charge in [-0.15, -0.1) is 0 Å². The summed E-state index contributed by atoms with van der Waals surface area (Å²) in [5, 5.41) is 0. The molecular weight excluding hydrogens is 160 g/mol. The molecule has 2 heteroatoms. The molecule has 0 spiro atoms. The number of unbranched alkanes of at least 4 members (excludes halogenated alkanes) is 1. The van der Waals surface area contributed by atoms with E-state index in [4.69, 9.17) is 5.73 Å². The van der Waals surface area contributed by atoms with E-state index in [1.807, 2.05) is 0 Å². The molecule has 0 aromatic heterocycles. The van der Waals surface area contributed by atoms with Crippen molar-refractivity contribution in [1.29, 1.82) is 0 Å². The minimum absolute atomic E-state index is 0.311. The molecule has 1 aliphatic rings. The normalized spacial score (nSPS) is 29.1. The number of hydrogen-bond donors (Lipinski definition) is 1. The second-order valence-corrected chi connectivity index (χ2v) is 5.01. The Bertz CT molecular complexity index is 152. The van der Waals surface area contributed by atoms with E-state index in [0.717, 1.165) is 6.42 Å². The summed E-state index contributed by atoms with van der Waals surface area (Å²) in [7, 11) is 0. The molecule has 13 heavy (non-hydrogen) atoms. The summed E-state index contributed by atoms with van der Waals surface area (Å²) >= 11 is 0. The summed E-state index contributed by atoms with van der Waals surface area (Å²) in [6.07, 6.45) is 3.78. The molecule has 1 aliphatic heterocycles. The molecule has 2 nitrogen and oxygen atoms in total. The Morgan fingerprint density at radius 3 is 2.69 bits per heavy atom. The monoisotopic (exact) mass is 184 g/mol. The predicted molar refractivity (Wildman–Crippen MR) is 57.7 cm³/mol. The van der Waals surface area contributed by atoms with E-state index in [9.17, 15) is 0 Å². The van der Waals surface area contributed by atoms with Crippen LogP contribution in [0.3, 0.4) is 0 Å². The van der Waals surface area contributed by atoms with Gasteiger partial charge in [-0.3, -0.25) is 0 Å². The van der Waals surface area contributed by atoms with Crippen LogP contribution in [-0.4, -0.2) is 30.6 Å². The topological polar surface area (TPSA) is 29.3 Å². The highest BCUT2D eigenvalue weighted by molar-refractivity contribution is 4.89. The van der Waals surface area contributed by atoms with Gasteiger partial charge in [-0.1, -0.05) is 27.2 Å². The van der Waals surface area contributed by atoms with Crippen molar-refractivity contribution in [2.45, 2.75) is 46.1 Å². The van der Waals surface area contributed by atoms with E-state index >= 15 is 0 Å². The maximum absolute atomic E-state index is 6.08. The van der Waals surface area contributed by atoms with E-state index in [2.05, 4.69) is 25.7 Å². The Balaban J connectivity index is 2.37. The molecular formula is C11H24N2. The molecule has 1 atom stereocenters. The maximum atomic E-state index is 6.08. The highest BCUT2D eigenvalue weighted by Gasteiger charge is 2.32. The molecule has 2 N–H and O–H groups in total. The van der Waals surface area contributed by atoms with Gasteiger partial charge in [0, 0.05) is 12.6 Å². The third kappa shape index (κ3) is 2.96. The molecule has 1 heterocycles. The van der Waals surface area contributed by atoms with Crippen molar-refractivity contribution in [3.63, 3.8) is 0 Å². The summed E-state index contributed by atoms with van der Waals surface area (Å²) in [6, 6.07) is 0.394. The number of nitrogens with zero attached hydrogens (tertiary/aromatic N) is 1. The van der Waals surface area contributed by atoms with Crippen LogP contribution < -0.4 is 5.73 Å². The van der Waals surface area contributed by atoms with Gasteiger partial charge in [-0.25, -0.2) is 0 Å². The lowest BCUT2D eigenvalue weighted by molar-refractivity contribution is 0.0944. The van der Waals surface area contributed by atoms with Crippen molar-refractivity contribution in [2.24, 2.45) is 11.1 Å². The maximum Gasteiger partial charge on any atom is 0.0115 e. The van der Waals surface area contributed by atoms with E-state index in [-0.39, 0.29) is 0 Å². The number of likely N-dealkylation sites (tertiary alicyclic amines) is 1. The number of nitrogens with two attached hydrogens (primary N) is 1. The zero-order chi connectivity index (χ0) is 9.90. The van der Waals surface area contributed by atoms with Gasteiger partial charge >= 0.3 is 0 Å². The fraction of sp³-hybridized carbons (Fsp3) is 1.00. The molecule has 1 rings (SSSR count). The first kappa shape index (κ1) is 11.0. The first-order valence-electron chi connectivity index (χ1n) is 5.54. The highest BCUT2D eigenvalue weighted by Crippen LogP contribution is 2.27. The molecule has 1 saturated heterocycles. The second kappa shape index (κ2) is 4.43. The molecule has 0 radical (unpaired) electrons. The lowest BCUT2D eigenvalue weighted by Gasteiger charge is -2.42. The number of hydrogen-bond acceptors (Lipinski definition) is 2. The number of piperidine rings is 1. The summed E-state index contributed by atoms with van der Waals surface area (Å²) < 4.78 is 0. The van der Waals surface area contributed by atoms with Gasteiger partial charge < -0.3 is 10.6 Å². The molecule has 0 aromatic rings. The highest BCUT2D eigenvalue weighted by atomic mass is 15.1. The smallest absolute Gasteiger partial charge is 0.0115 e. The van der Waals surface area contributed by atoms with Crippen molar-refractivity contribution in [3.8, 4) is 0 Å². The van der Waals surface area contributed by atoms with Crippen LogP contribution in [0.4, 0.5) is 0 Å². The minimum Gasteiger partial charge on any atom is -0.327 e. The van der Waals surface area contributed by atoms with Gasteiger partial charge in [-0.05, 0) is 31.3 Å². The summed E-state index contributed by atoms with van der Waals surface area (Å²) in [6.45, 7) is 10.5. The van der Waals surface area contributed by atoms with E-state index < -0.39 is 0 Å². The lowest BCUT2D eigenvalue weighted by atomic mass is 9.79. The van der Waals surface area contributed by atoms with E-state index in [0.29, 0.717) is 11.5 Å².